The molecule has 0 saturated carbocycles. The average molecular weight is 305 g/mol. The van der Waals surface area contributed by atoms with Crippen LogP contribution < -0.4 is 10.1 Å². The number of nitrogens with one attached hydrogen (secondary N) is 1. The predicted molar refractivity (Wildman–Crippen MR) is 92.1 cm³/mol. The van der Waals surface area contributed by atoms with Gasteiger partial charge in [0.1, 0.15) is 5.75 Å². The molecular formula is C19H31NO2. The van der Waals surface area contributed by atoms with Gasteiger partial charge in [0.15, 0.2) is 0 Å². The summed E-state index contributed by atoms with van der Waals surface area (Å²) < 4.78 is 5.30. The predicted octanol–water partition coefficient (Wildman–Crippen LogP) is 4.62. The van der Waals surface area contributed by atoms with Crippen LogP contribution >= 0.6 is 0 Å². The normalized spacial score (nSPS) is 10.8. The summed E-state index contributed by atoms with van der Waals surface area (Å²) in [6, 6.07) is 6.04. The van der Waals surface area contributed by atoms with Crippen LogP contribution in [0.2, 0.25) is 0 Å². The van der Waals surface area contributed by atoms with Crippen molar-refractivity contribution >= 4 is 5.91 Å². The lowest BCUT2D eigenvalue weighted by Crippen LogP contribution is -2.22. The number of ether oxygens (including phenoxy) is 1. The minimum Gasteiger partial charge on any atom is -0.496 e. The minimum atomic E-state index is 0.142. The maximum Gasteiger partial charge on any atom is 0.220 e. The van der Waals surface area contributed by atoms with Crippen molar-refractivity contribution in [3.63, 3.8) is 0 Å². The fourth-order valence-corrected chi connectivity index (χ4v) is 2.46. The van der Waals surface area contributed by atoms with E-state index in [9.17, 15) is 4.79 Å². The molecule has 0 aliphatic heterocycles. The van der Waals surface area contributed by atoms with Crippen molar-refractivity contribution in [3.8, 4) is 5.75 Å². The van der Waals surface area contributed by atoms with Crippen LogP contribution in [0, 0.1) is 12.8 Å². The summed E-state index contributed by atoms with van der Waals surface area (Å²) in [5.74, 6) is 1.80. The number of aryl methyl sites for hydroxylation is 1. The molecule has 0 unspecified atom stereocenters. The molecule has 0 bridgehead atoms. The highest BCUT2D eigenvalue weighted by Gasteiger charge is 2.04. The summed E-state index contributed by atoms with van der Waals surface area (Å²) in [6.45, 7) is 7.10. The van der Waals surface area contributed by atoms with E-state index in [-0.39, 0.29) is 5.91 Å². The molecule has 3 heteroatoms. The Balaban J connectivity index is 2.18. The standard InChI is InChI=1S/C19H31NO2/c1-15(2)9-7-5-6-8-10-19(21)20-14-17-12-11-16(3)18(13-17)22-4/h11-13,15H,5-10,14H2,1-4H3,(H,20,21). The van der Waals surface area contributed by atoms with E-state index in [1.165, 1.54) is 19.3 Å². The molecule has 124 valence electrons. The quantitative estimate of drug-likeness (QED) is 0.641. The van der Waals surface area contributed by atoms with Crippen LogP contribution in [0.15, 0.2) is 18.2 Å². The zero-order valence-electron chi connectivity index (χ0n) is 14.6. The fraction of sp³-hybridized carbons (Fsp3) is 0.632. The third kappa shape index (κ3) is 7.48. The summed E-state index contributed by atoms with van der Waals surface area (Å²) in [4.78, 5) is 11.8. The monoisotopic (exact) mass is 305 g/mol. The minimum absolute atomic E-state index is 0.142. The van der Waals surface area contributed by atoms with Crippen molar-refractivity contribution in [2.75, 3.05) is 7.11 Å². The van der Waals surface area contributed by atoms with Gasteiger partial charge in [0.2, 0.25) is 5.91 Å². The highest BCUT2D eigenvalue weighted by atomic mass is 16.5. The Bertz CT molecular complexity index is 455. The average Bonchev–Trinajstić information content (AvgIpc) is 2.49. The largest absolute Gasteiger partial charge is 0.496 e. The van der Waals surface area contributed by atoms with Gasteiger partial charge in [-0.05, 0) is 36.5 Å². The summed E-state index contributed by atoms with van der Waals surface area (Å²) in [6.07, 6.45) is 6.58. The van der Waals surface area contributed by atoms with Crippen LogP contribution in [0.5, 0.6) is 5.75 Å². The molecule has 1 N–H and O–H groups in total. The van der Waals surface area contributed by atoms with Gasteiger partial charge in [-0.25, -0.2) is 0 Å². The molecule has 0 fully saturated rings. The number of carbonyl (C=O) groups excluding carboxylic acids is 1. The number of amides is 1. The second-order valence-corrected chi connectivity index (χ2v) is 6.43. The fourth-order valence-electron chi connectivity index (χ4n) is 2.46. The van der Waals surface area contributed by atoms with Gasteiger partial charge in [0.05, 0.1) is 7.11 Å². The summed E-state index contributed by atoms with van der Waals surface area (Å²) >= 11 is 0. The molecule has 0 heterocycles. The van der Waals surface area contributed by atoms with E-state index < -0.39 is 0 Å². The van der Waals surface area contributed by atoms with E-state index >= 15 is 0 Å². The number of hydrogen-bond donors (Lipinski definition) is 1. The third-order valence-corrected chi connectivity index (χ3v) is 3.90. The van der Waals surface area contributed by atoms with Crippen LogP contribution in [0.3, 0.4) is 0 Å². The molecule has 1 aromatic carbocycles. The lowest BCUT2D eigenvalue weighted by atomic mass is 10.0. The molecule has 0 saturated heterocycles. The number of unbranched alkanes of at least 4 members (excludes halogenated alkanes) is 3. The molecule has 3 nitrogen and oxygen atoms in total. The highest BCUT2D eigenvalue weighted by Crippen LogP contribution is 2.18. The van der Waals surface area contributed by atoms with E-state index in [1.807, 2.05) is 25.1 Å². The van der Waals surface area contributed by atoms with Gasteiger partial charge in [-0.1, -0.05) is 51.7 Å². The SMILES string of the molecule is COc1cc(CNC(=O)CCCCCCC(C)C)ccc1C. The van der Waals surface area contributed by atoms with E-state index in [2.05, 4.69) is 19.2 Å². The lowest BCUT2D eigenvalue weighted by Gasteiger charge is -2.09. The number of carbonyl (C=O) groups is 1. The molecule has 0 aliphatic rings. The highest BCUT2D eigenvalue weighted by molar-refractivity contribution is 5.75. The van der Waals surface area contributed by atoms with Gasteiger partial charge in [0.25, 0.3) is 0 Å². The summed E-state index contributed by atoms with van der Waals surface area (Å²) in [7, 11) is 1.67. The number of hydrogen-bond acceptors (Lipinski definition) is 2. The third-order valence-electron chi connectivity index (χ3n) is 3.90. The molecule has 1 rings (SSSR count). The van der Waals surface area contributed by atoms with Crippen molar-refractivity contribution in [2.45, 2.75) is 65.8 Å². The van der Waals surface area contributed by atoms with E-state index in [0.717, 1.165) is 35.6 Å². The Hall–Kier alpha value is -1.51. The second kappa shape index (κ2) is 10.3. The smallest absolute Gasteiger partial charge is 0.220 e. The maximum atomic E-state index is 11.8. The van der Waals surface area contributed by atoms with Gasteiger partial charge < -0.3 is 10.1 Å². The Morgan fingerprint density at radius 3 is 2.59 bits per heavy atom. The van der Waals surface area contributed by atoms with Gasteiger partial charge in [-0.2, -0.15) is 0 Å². The first-order valence-electron chi connectivity index (χ1n) is 8.43. The molecule has 1 amide bonds. The first kappa shape index (κ1) is 18.5. The Morgan fingerprint density at radius 2 is 1.91 bits per heavy atom. The summed E-state index contributed by atoms with van der Waals surface area (Å²) in [5.41, 5.74) is 2.19. The van der Waals surface area contributed by atoms with E-state index in [4.69, 9.17) is 4.74 Å². The maximum absolute atomic E-state index is 11.8. The van der Waals surface area contributed by atoms with Gasteiger partial charge >= 0.3 is 0 Å². The molecule has 22 heavy (non-hydrogen) atoms. The first-order valence-corrected chi connectivity index (χ1v) is 8.43. The second-order valence-electron chi connectivity index (χ2n) is 6.43. The molecule has 0 atom stereocenters. The van der Waals surface area contributed by atoms with Crippen molar-refractivity contribution < 1.29 is 9.53 Å². The molecule has 0 spiro atoms. The molecular weight excluding hydrogens is 274 g/mol. The number of methoxy groups -OCH3 is 1. The van der Waals surface area contributed by atoms with Crippen molar-refractivity contribution in [3.05, 3.63) is 29.3 Å². The molecule has 0 radical (unpaired) electrons. The van der Waals surface area contributed by atoms with Crippen molar-refractivity contribution in [1.82, 2.24) is 5.32 Å². The molecule has 0 aromatic heterocycles. The topological polar surface area (TPSA) is 38.3 Å². The van der Waals surface area contributed by atoms with Gasteiger partial charge in [-0.3, -0.25) is 4.79 Å². The zero-order chi connectivity index (χ0) is 16.4. The van der Waals surface area contributed by atoms with E-state index in [1.54, 1.807) is 7.11 Å². The van der Waals surface area contributed by atoms with Crippen LogP contribution in [-0.4, -0.2) is 13.0 Å². The lowest BCUT2D eigenvalue weighted by molar-refractivity contribution is -0.121. The van der Waals surface area contributed by atoms with E-state index in [0.29, 0.717) is 13.0 Å². The molecule has 1 aromatic rings. The van der Waals surface area contributed by atoms with Gasteiger partial charge in [-0.15, -0.1) is 0 Å². The van der Waals surface area contributed by atoms with Crippen LogP contribution in [0.25, 0.3) is 0 Å². The van der Waals surface area contributed by atoms with Crippen LogP contribution in [0.1, 0.15) is 63.5 Å². The van der Waals surface area contributed by atoms with Crippen LogP contribution in [0.4, 0.5) is 0 Å². The summed E-state index contributed by atoms with van der Waals surface area (Å²) in [5, 5.41) is 2.98. The zero-order valence-corrected chi connectivity index (χ0v) is 14.6. The Labute approximate surface area is 135 Å². The molecule has 0 aliphatic carbocycles. The Morgan fingerprint density at radius 1 is 1.18 bits per heavy atom. The van der Waals surface area contributed by atoms with Crippen molar-refractivity contribution in [2.24, 2.45) is 5.92 Å². The van der Waals surface area contributed by atoms with Crippen LogP contribution in [-0.2, 0) is 11.3 Å². The number of rotatable bonds is 10. The van der Waals surface area contributed by atoms with Gasteiger partial charge in [0, 0.05) is 13.0 Å². The van der Waals surface area contributed by atoms with Crippen molar-refractivity contribution in [1.29, 1.82) is 0 Å². The Kier molecular flexibility index (Phi) is 8.64. The number of benzene rings is 1. The first-order chi connectivity index (χ1) is 10.5.